The number of hydrogen-bond acceptors (Lipinski definition) is 2. The van der Waals surface area contributed by atoms with E-state index in [1.54, 1.807) is 0 Å². The van der Waals surface area contributed by atoms with Crippen molar-refractivity contribution < 1.29 is 22.7 Å². The smallest absolute Gasteiger partial charge is 0.403 e. The van der Waals surface area contributed by atoms with Crippen LogP contribution in [0.1, 0.15) is 22.8 Å². The van der Waals surface area contributed by atoms with E-state index >= 15 is 0 Å². The van der Waals surface area contributed by atoms with E-state index in [4.69, 9.17) is 11.6 Å². The van der Waals surface area contributed by atoms with Gasteiger partial charge in [0.25, 0.3) is 0 Å². The molecule has 1 aromatic carbocycles. The van der Waals surface area contributed by atoms with Gasteiger partial charge < -0.3 is 4.74 Å². The summed E-state index contributed by atoms with van der Waals surface area (Å²) in [7, 11) is 0. The first-order chi connectivity index (χ1) is 7.22. The maximum atomic E-state index is 12.1. The van der Waals surface area contributed by atoms with Crippen molar-refractivity contribution in [3.05, 3.63) is 28.3 Å². The molecule has 88 valence electrons. The van der Waals surface area contributed by atoms with Crippen LogP contribution < -0.4 is 4.74 Å². The molecule has 0 aliphatic carbocycles. The number of ether oxygens (including phenoxy) is 1. The third-order valence-electron chi connectivity index (χ3n) is 1.89. The van der Waals surface area contributed by atoms with Crippen molar-refractivity contribution >= 4 is 17.4 Å². The Hall–Kier alpha value is -1.23. The van der Waals surface area contributed by atoms with Crippen LogP contribution in [0.15, 0.2) is 12.1 Å². The van der Waals surface area contributed by atoms with E-state index in [-0.39, 0.29) is 10.6 Å². The van der Waals surface area contributed by atoms with Gasteiger partial charge >= 0.3 is 6.36 Å². The van der Waals surface area contributed by atoms with Gasteiger partial charge in [-0.1, -0.05) is 17.7 Å². The van der Waals surface area contributed by atoms with Crippen LogP contribution in [0.5, 0.6) is 5.75 Å². The van der Waals surface area contributed by atoms with Gasteiger partial charge in [0.05, 0.1) is 10.6 Å². The molecule has 0 aromatic heterocycles. The topological polar surface area (TPSA) is 26.3 Å². The second-order valence-corrected chi connectivity index (χ2v) is 3.58. The number of benzene rings is 1. The lowest BCUT2D eigenvalue weighted by atomic mass is 10.0. The van der Waals surface area contributed by atoms with Crippen LogP contribution in [0.2, 0.25) is 5.02 Å². The normalized spacial score (nSPS) is 11.4. The highest BCUT2D eigenvalue weighted by atomic mass is 35.5. The predicted octanol–water partition coefficient (Wildman–Crippen LogP) is 3.75. The average molecular weight is 253 g/mol. The Morgan fingerprint density at radius 1 is 1.38 bits per heavy atom. The molecule has 0 aliphatic heterocycles. The summed E-state index contributed by atoms with van der Waals surface area (Å²) in [6, 6.07) is 2.71. The van der Waals surface area contributed by atoms with Gasteiger partial charge in [-0.2, -0.15) is 0 Å². The highest BCUT2D eigenvalue weighted by Gasteiger charge is 2.34. The van der Waals surface area contributed by atoms with Crippen molar-refractivity contribution in [1.82, 2.24) is 0 Å². The molecule has 0 unspecified atom stereocenters. The van der Waals surface area contributed by atoms with Crippen LogP contribution in [0.3, 0.4) is 0 Å². The first kappa shape index (κ1) is 12.8. The van der Waals surface area contributed by atoms with Gasteiger partial charge in [-0.25, -0.2) is 0 Å². The fourth-order valence-corrected chi connectivity index (χ4v) is 1.50. The van der Waals surface area contributed by atoms with E-state index in [2.05, 4.69) is 4.74 Å². The number of alkyl halides is 3. The van der Waals surface area contributed by atoms with E-state index in [1.165, 1.54) is 19.1 Å². The van der Waals surface area contributed by atoms with Crippen molar-refractivity contribution in [3.63, 3.8) is 0 Å². The summed E-state index contributed by atoms with van der Waals surface area (Å²) in [5.74, 6) is -1.17. The molecule has 0 bridgehead atoms. The fourth-order valence-electron chi connectivity index (χ4n) is 1.31. The van der Waals surface area contributed by atoms with Crippen LogP contribution >= 0.6 is 11.6 Å². The van der Waals surface area contributed by atoms with E-state index < -0.39 is 17.9 Å². The lowest BCUT2D eigenvalue weighted by Crippen LogP contribution is -2.19. The molecule has 0 fully saturated rings. The van der Waals surface area contributed by atoms with E-state index in [0.717, 1.165) is 6.92 Å². The van der Waals surface area contributed by atoms with Gasteiger partial charge in [-0.05, 0) is 25.5 Å². The van der Waals surface area contributed by atoms with Crippen LogP contribution in [-0.4, -0.2) is 12.1 Å². The summed E-state index contributed by atoms with van der Waals surface area (Å²) < 4.78 is 40.1. The molecular weight excluding hydrogens is 245 g/mol. The molecule has 0 saturated heterocycles. The molecule has 2 nitrogen and oxygen atoms in total. The third kappa shape index (κ3) is 2.88. The molecule has 0 amide bonds. The lowest BCUT2D eigenvalue weighted by molar-refractivity contribution is -0.274. The Morgan fingerprint density at radius 2 is 1.94 bits per heavy atom. The Bertz CT molecular complexity index is 427. The molecule has 0 saturated carbocycles. The van der Waals surface area contributed by atoms with Gasteiger partial charge in [0.2, 0.25) is 0 Å². The van der Waals surface area contributed by atoms with Crippen LogP contribution in [-0.2, 0) is 0 Å². The molecule has 0 N–H and O–H groups in total. The average Bonchev–Trinajstić information content (AvgIpc) is 2.08. The second-order valence-electron chi connectivity index (χ2n) is 3.17. The molecule has 0 radical (unpaired) electrons. The molecule has 1 aromatic rings. The van der Waals surface area contributed by atoms with Gasteiger partial charge in [-0.3, -0.25) is 4.79 Å². The molecule has 0 spiro atoms. The minimum Gasteiger partial charge on any atom is -0.403 e. The summed E-state index contributed by atoms with van der Waals surface area (Å²) in [6.07, 6.45) is -4.87. The number of hydrogen-bond donors (Lipinski definition) is 0. The van der Waals surface area contributed by atoms with Gasteiger partial charge in [0.15, 0.2) is 11.5 Å². The van der Waals surface area contributed by atoms with E-state index in [9.17, 15) is 18.0 Å². The van der Waals surface area contributed by atoms with E-state index in [0.29, 0.717) is 5.56 Å². The van der Waals surface area contributed by atoms with Crippen molar-refractivity contribution in [2.24, 2.45) is 0 Å². The molecular formula is C10H8ClF3O2. The van der Waals surface area contributed by atoms with Crippen molar-refractivity contribution in [1.29, 1.82) is 0 Å². The SMILES string of the molecule is CC(=O)c1c(C)ccc(Cl)c1OC(F)(F)F. The number of ketones is 1. The molecule has 0 atom stereocenters. The largest absolute Gasteiger partial charge is 0.573 e. The minimum absolute atomic E-state index is 0.148. The zero-order valence-corrected chi connectivity index (χ0v) is 9.24. The maximum Gasteiger partial charge on any atom is 0.573 e. The van der Waals surface area contributed by atoms with Crippen molar-refractivity contribution in [2.45, 2.75) is 20.2 Å². The standard InChI is InChI=1S/C10H8ClF3O2/c1-5-3-4-7(11)9(8(5)6(2)15)16-10(12,13)14/h3-4H,1-2H3. The summed E-state index contributed by atoms with van der Waals surface area (Å²) in [4.78, 5) is 11.2. The van der Waals surface area contributed by atoms with Gasteiger partial charge in [0, 0.05) is 0 Å². The molecule has 6 heteroatoms. The Morgan fingerprint density at radius 3 is 2.38 bits per heavy atom. The summed E-state index contributed by atoms with van der Waals surface area (Å²) in [5, 5.41) is -0.242. The van der Waals surface area contributed by atoms with Crippen molar-refractivity contribution in [2.75, 3.05) is 0 Å². The fraction of sp³-hybridized carbons (Fsp3) is 0.300. The zero-order chi connectivity index (χ0) is 12.5. The Kier molecular flexibility index (Phi) is 3.48. The summed E-state index contributed by atoms with van der Waals surface area (Å²) in [6.45, 7) is 2.66. The molecule has 0 aliphatic rings. The van der Waals surface area contributed by atoms with Crippen LogP contribution in [0.25, 0.3) is 0 Å². The van der Waals surface area contributed by atoms with Gasteiger partial charge in [-0.15, -0.1) is 13.2 Å². The second kappa shape index (κ2) is 4.33. The number of halogens is 4. The number of aryl methyl sites for hydroxylation is 1. The Labute approximate surface area is 95.0 Å². The Balaban J connectivity index is 3.35. The first-order valence-electron chi connectivity index (χ1n) is 4.28. The zero-order valence-electron chi connectivity index (χ0n) is 8.48. The summed E-state index contributed by atoms with van der Waals surface area (Å²) in [5.41, 5.74) is 0.237. The third-order valence-corrected chi connectivity index (χ3v) is 2.19. The number of carbonyl (C=O) groups is 1. The van der Waals surface area contributed by atoms with Crippen LogP contribution in [0, 0.1) is 6.92 Å². The number of carbonyl (C=O) groups excluding carboxylic acids is 1. The lowest BCUT2D eigenvalue weighted by Gasteiger charge is -2.14. The highest BCUT2D eigenvalue weighted by Crippen LogP contribution is 2.35. The number of Topliss-reactive ketones (excluding diaryl/α,β-unsaturated/α-hetero) is 1. The highest BCUT2D eigenvalue weighted by molar-refractivity contribution is 6.32. The quantitative estimate of drug-likeness (QED) is 0.750. The predicted molar refractivity (Wildman–Crippen MR) is 52.9 cm³/mol. The number of rotatable bonds is 2. The monoisotopic (exact) mass is 252 g/mol. The molecule has 16 heavy (non-hydrogen) atoms. The minimum atomic E-state index is -4.87. The van der Waals surface area contributed by atoms with Gasteiger partial charge in [0.1, 0.15) is 0 Å². The van der Waals surface area contributed by atoms with Crippen LogP contribution in [0.4, 0.5) is 13.2 Å². The molecule has 0 heterocycles. The molecule has 1 rings (SSSR count). The van der Waals surface area contributed by atoms with Crippen molar-refractivity contribution in [3.8, 4) is 5.75 Å². The first-order valence-corrected chi connectivity index (χ1v) is 4.66. The summed E-state index contributed by atoms with van der Waals surface area (Å²) >= 11 is 5.57. The maximum absolute atomic E-state index is 12.1. The van der Waals surface area contributed by atoms with E-state index in [1.807, 2.05) is 0 Å².